The van der Waals surface area contributed by atoms with Crippen molar-refractivity contribution in [1.82, 2.24) is 9.97 Å². The Kier molecular flexibility index (Phi) is 4.53. The fraction of sp³-hybridized carbons (Fsp3) is 0.545. The van der Waals surface area contributed by atoms with Gasteiger partial charge < -0.3 is 15.8 Å². The average molecular weight is 271 g/mol. The summed E-state index contributed by atoms with van der Waals surface area (Å²) in [5.74, 6) is -1.04. The quantitative estimate of drug-likeness (QED) is 0.538. The van der Waals surface area contributed by atoms with E-state index in [1.807, 2.05) is 6.92 Å². The molecule has 0 fully saturated rings. The third-order valence-electron chi connectivity index (χ3n) is 2.36. The summed E-state index contributed by atoms with van der Waals surface area (Å²) in [6.07, 6.45) is 0.282. The molecule has 0 bridgehead atoms. The fourth-order valence-corrected chi connectivity index (χ4v) is 2.69. The molecule has 18 heavy (non-hydrogen) atoms. The molecular weight excluding hydrogens is 254 g/mol. The first kappa shape index (κ1) is 14.7. The highest BCUT2D eigenvalue weighted by molar-refractivity contribution is 7.99. The number of aromatic amines is 1. The van der Waals surface area contributed by atoms with Crippen LogP contribution in [0.3, 0.4) is 0 Å². The van der Waals surface area contributed by atoms with E-state index in [0.29, 0.717) is 10.9 Å². The van der Waals surface area contributed by atoms with Crippen LogP contribution in [0.2, 0.25) is 0 Å². The van der Waals surface area contributed by atoms with Gasteiger partial charge in [-0.25, -0.2) is 4.98 Å². The molecule has 0 aliphatic rings. The van der Waals surface area contributed by atoms with Crippen LogP contribution in [-0.2, 0) is 4.79 Å². The molecule has 0 aliphatic carbocycles. The van der Waals surface area contributed by atoms with Gasteiger partial charge in [-0.05, 0) is 20.3 Å². The van der Waals surface area contributed by atoms with Crippen LogP contribution >= 0.6 is 11.8 Å². The number of nitrogens with zero attached hydrogens (tertiary/aromatic N) is 1. The van der Waals surface area contributed by atoms with Gasteiger partial charge in [-0.2, -0.15) is 0 Å². The van der Waals surface area contributed by atoms with Gasteiger partial charge in [0, 0.05) is 17.0 Å². The van der Waals surface area contributed by atoms with E-state index in [2.05, 4.69) is 9.97 Å². The number of thioether (sulfide) groups is 1. The van der Waals surface area contributed by atoms with Gasteiger partial charge in [0.15, 0.2) is 5.16 Å². The van der Waals surface area contributed by atoms with Crippen LogP contribution in [0.25, 0.3) is 0 Å². The number of carboxylic acid groups (broad SMARTS) is 1. The Morgan fingerprint density at radius 1 is 1.72 bits per heavy atom. The average Bonchev–Trinajstić information content (AvgIpc) is 2.13. The number of aryl methyl sites for hydroxylation is 1. The zero-order valence-electron chi connectivity index (χ0n) is 10.6. The first-order valence-corrected chi connectivity index (χ1v) is 6.35. The number of nitrogens with one attached hydrogen (secondary N) is 1. The molecule has 1 aromatic heterocycles. The number of carboxylic acids is 1. The summed E-state index contributed by atoms with van der Waals surface area (Å²) in [6.45, 7) is 5.05. The lowest BCUT2D eigenvalue weighted by Gasteiger charge is -2.22. The first-order valence-electron chi connectivity index (χ1n) is 5.47. The molecule has 7 heteroatoms. The smallest absolute Gasteiger partial charge is 0.323 e. The van der Waals surface area contributed by atoms with Crippen molar-refractivity contribution in [2.75, 3.05) is 0 Å². The maximum absolute atomic E-state index is 11.3. The lowest BCUT2D eigenvalue weighted by Crippen LogP contribution is -2.46. The largest absolute Gasteiger partial charge is 0.480 e. The van der Waals surface area contributed by atoms with Crippen molar-refractivity contribution in [3.8, 4) is 0 Å². The maximum Gasteiger partial charge on any atom is 0.323 e. The fourth-order valence-electron chi connectivity index (χ4n) is 1.52. The van der Waals surface area contributed by atoms with Gasteiger partial charge in [0.05, 0.1) is 0 Å². The number of aliphatic carboxylic acids is 1. The molecule has 0 saturated carbocycles. The third kappa shape index (κ3) is 4.15. The van der Waals surface area contributed by atoms with E-state index < -0.39 is 11.5 Å². The van der Waals surface area contributed by atoms with E-state index in [4.69, 9.17) is 10.8 Å². The van der Waals surface area contributed by atoms with Crippen LogP contribution in [0.1, 0.15) is 26.0 Å². The van der Waals surface area contributed by atoms with Crippen LogP contribution in [0.4, 0.5) is 0 Å². The second-order valence-electron chi connectivity index (χ2n) is 4.55. The summed E-state index contributed by atoms with van der Waals surface area (Å²) in [5, 5.41) is 9.35. The van der Waals surface area contributed by atoms with Crippen molar-refractivity contribution in [3.63, 3.8) is 0 Å². The first-order chi connectivity index (χ1) is 8.20. The van der Waals surface area contributed by atoms with Crippen LogP contribution in [0, 0.1) is 6.92 Å². The summed E-state index contributed by atoms with van der Waals surface area (Å²) >= 11 is 1.31. The number of carbonyl (C=O) groups is 1. The molecule has 0 aromatic carbocycles. The van der Waals surface area contributed by atoms with E-state index in [1.54, 1.807) is 6.92 Å². The van der Waals surface area contributed by atoms with Crippen molar-refractivity contribution < 1.29 is 9.90 Å². The Hall–Kier alpha value is -1.34. The van der Waals surface area contributed by atoms with Crippen molar-refractivity contribution in [2.45, 2.75) is 43.1 Å². The molecule has 2 unspecified atom stereocenters. The van der Waals surface area contributed by atoms with Crippen molar-refractivity contribution in [1.29, 1.82) is 0 Å². The summed E-state index contributed by atoms with van der Waals surface area (Å²) in [4.78, 5) is 28.9. The summed E-state index contributed by atoms with van der Waals surface area (Å²) in [6, 6.07) is 1.40. The summed E-state index contributed by atoms with van der Waals surface area (Å²) < 4.78 is 0. The minimum Gasteiger partial charge on any atom is -0.480 e. The van der Waals surface area contributed by atoms with Crippen LogP contribution < -0.4 is 11.3 Å². The zero-order valence-corrected chi connectivity index (χ0v) is 11.4. The van der Waals surface area contributed by atoms with Gasteiger partial charge in [0.2, 0.25) is 0 Å². The Balaban J connectivity index is 2.73. The SMILES string of the molecule is Cc1cc(=O)[nH]c(SC(C)CC(C)(N)C(=O)O)n1. The molecule has 4 N–H and O–H groups in total. The minimum atomic E-state index is -1.28. The molecule has 0 radical (unpaired) electrons. The highest BCUT2D eigenvalue weighted by Gasteiger charge is 2.30. The molecule has 0 aliphatic heterocycles. The minimum absolute atomic E-state index is 0.0685. The van der Waals surface area contributed by atoms with Gasteiger partial charge >= 0.3 is 5.97 Å². The number of hydrogen-bond donors (Lipinski definition) is 3. The molecule has 0 amide bonds. The number of nitrogens with two attached hydrogens (primary N) is 1. The predicted molar refractivity (Wildman–Crippen MR) is 69.8 cm³/mol. The lowest BCUT2D eigenvalue weighted by atomic mass is 9.98. The molecule has 6 nitrogen and oxygen atoms in total. The van der Waals surface area contributed by atoms with E-state index in [0.717, 1.165) is 0 Å². The zero-order chi connectivity index (χ0) is 13.9. The molecule has 1 rings (SSSR count). The third-order valence-corrected chi connectivity index (χ3v) is 3.35. The van der Waals surface area contributed by atoms with Gasteiger partial charge in [0.25, 0.3) is 5.56 Å². The second kappa shape index (κ2) is 5.53. The van der Waals surface area contributed by atoms with Crippen molar-refractivity contribution in [3.05, 3.63) is 22.1 Å². The normalized spacial score (nSPS) is 16.0. The Morgan fingerprint density at radius 3 is 2.83 bits per heavy atom. The van der Waals surface area contributed by atoms with E-state index >= 15 is 0 Å². The highest BCUT2D eigenvalue weighted by Crippen LogP contribution is 2.24. The Morgan fingerprint density at radius 2 is 2.33 bits per heavy atom. The summed E-state index contributed by atoms with van der Waals surface area (Å²) in [7, 11) is 0. The standard InChI is InChI=1S/C11H17N3O3S/c1-6-4-8(15)14-10(13-6)18-7(2)5-11(3,12)9(16)17/h4,7H,5,12H2,1-3H3,(H,16,17)(H,13,14,15). The molecule has 0 spiro atoms. The second-order valence-corrected chi connectivity index (χ2v) is 5.97. The monoisotopic (exact) mass is 271 g/mol. The van der Waals surface area contributed by atoms with Crippen molar-refractivity contribution in [2.24, 2.45) is 5.73 Å². The highest BCUT2D eigenvalue weighted by atomic mass is 32.2. The Bertz CT molecular complexity index is 499. The van der Waals surface area contributed by atoms with Gasteiger partial charge in [0.1, 0.15) is 5.54 Å². The predicted octanol–water partition coefficient (Wildman–Crippen LogP) is 0.751. The van der Waals surface area contributed by atoms with E-state index in [9.17, 15) is 9.59 Å². The number of rotatable bonds is 5. The molecule has 1 heterocycles. The topological polar surface area (TPSA) is 109 Å². The van der Waals surface area contributed by atoms with Crippen LogP contribution in [-0.4, -0.2) is 31.8 Å². The number of H-pyrrole nitrogens is 1. The van der Waals surface area contributed by atoms with Crippen LogP contribution in [0.5, 0.6) is 0 Å². The van der Waals surface area contributed by atoms with E-state index in [1.165, 1.54) is 24.8 Å². The molecule has 0 saturated heterocycles. The van der Waals surface area contributed by atoms with Gasteiger partial charge in [-0.15, -0.1) is 0 Å². The molecular formula is C11H17N3O3S. The van der Waals surface area contributed by atoms with Crippen LogP contribution in [0.15, 0.2) is 16.0 Å². The maximum atomic E-state index is 11.3. The lowest BCUT2D eigenvalue weighted by molar-refractivity contribution is -0.142. The van der Waals surface area contributed by atoms with Crippen molar-refractivity contribution >= 4 is 17.7 Å². The Labute approximate surface area is 109 Å². The number of hydrogen-bond acceptors (Lipinski definition) is 5. The van der Waals surface area contributed by atoms with Gasteiger partial charge in [-0.3, -0.25) is 9.59 Å². The van der Waals surface area contributed by atoms with E-state index in [-0.39, 0.29) is 17.2 Å². The molecule has 100 valence electrons. The molecule has 1 aromatic rings. The summed E-state index contributed by atoms with van der Waals surface area (Å²) in [5.41, 5.74) is 4.80. The van der Waals surface area contributed by atoms with Gasteiger partial charge in [-0.1, -0.05) is 18.7 Å². The molecule has 2 atom stereocenters. The number of aromatic nitrogens is 2.